The summed E-state index contributed by atoms with van der Waals surface area (Å²) in [5.41, 5.74) is 4.35. The Morgan fingerprint density at radius 2 is 1.81 bits per heavy atom. The average molecular weight is 293 g/mol. The predicted molar refractivity (Wildman–Crippen MR) is 85.3 cm³/mol. The maximum atomic E-state index is 14.3. The fourth-order valence-corrected chi connectivity index (χ4v) is 3.39. The van der Waals surface area contributed by atoms with Gasteiger partial charge in [-0.25, -0.2) is 4.39 Å². The molecule has 1 heterocycles. The summed E-state index contributed by atoms with van der Waals surface area (Å²) >= 11 is 0. The lowest BCUT2D eigenvalue weighted by atomic mass is 9.86. The van der Waals surface area contributed by atoms with Crippen molar-refractivity contribution in [3.8, 4) is 0 Å². The number of nitrogens with zero attached hydrogens (tertiary/aromatic N) is 1. The molecule has 1 aliphatic heterocycles. The van der Waals surface area contributed by atoms with Crippen LogP contribution in [0.4, 0.5) is 4.39 Å². The van der Waals surface area contributed by atoms with Gasteiger partial charge < -0.3 is 0 Å². The van der Waals surface area contributed by atoms with Gasteiger partial charge in [-0.3, -0.25) is 16.2 Å². The van der Waals surface area contributed by atoms with Crippen molar-refractivity contribution in [1.82, 2.24) is 10.3 Å². The van der Waals surface area contributed by atoms with Crippen molar-refractivity contribution in [3.05, 3.63) is 35.1 Å². The molecule has 0 spiro atoms. The first-order chi connectivity index (χ1) is 9.96. The van der Waals surface area contributed by atoms with E-state index in [1.807, 2.05) is 13.0 Å². The number of likely N-dealkylation sites (tertiary alicyclic amines) is 1. The van der Waals surface area contributed by atoms with Crippen molar-refractivity contribution < 1.29 is 4.39 Å². The van der Waals surface area contributed by atoms with Crippen LogP contribution >= 0.6 is 0 Å². The lowest BCUT2D eigenvalue weighted by Crippen LogP contribution is -2.54. The van der Waals surface area contributed by atoms with Gasteiger partial charge in [0.15, 0.2) is 0 Å². The molecule has 21 heavy (non-hydrogen) atoms. The number of nitrogens with two attached hydrogens (primary N) is 1. The first-order valence-electron chi connectivity index (χ1n) is 7.94. The highest BCUT2D eigenvalue weighted by molar-refractivity contribution is 5.29. The van der Waals surface area contributed by atoms with E-state index in [1.54, 1.807) is 6.07 Å². The van der Waals surface area contributed by atoms with E-state index in [0.29, 0.717) is 5.56 Å². The standard InChI is InChI=1S/C17H28FN3/c1-13-8-9-15(18)14(12-13)16(20-19)17(2,3)21-10-6-4-5-7-11-21/h8-9,12,16,20H,4-7,10-11,19H2,1-3H3. The van der Waals surface area contributed by atoms with Crippen LogP contribution in [0.25, 0.3) is 0 Å². The number of hydrogen-bond acceptors (Lipinski definition) is 3. The minimum absolute atomic E-state index is 0.188. The zero-order chi connectivity index (χ0) is 15.5. The molecule has 1 aromatic rings. The van der Waals surface area contributed by atoms with E-state index in [0.717, 1.165) is 18.7 Å². The second kappa shape index (κ2) is 6.86. The van der Waals surface area contributed by atoms with Gasteiger partial charge >= 0.3 is 0 Å². The molecule has 0 aliphatic carbocycles. The van der Waals surface area contributed by atoms with Crippen LogP contribution in [0.2, 0.25) is 0 Å². The van der Waals surface area contributed by atoms with Crippen LogP contribution in [0.1, 0.15) is 56.7 Å². The quantitative estimate of drug-likeness (QED) is 0.661. The molecule has 3 N–H and O–H groups in total. The first kappa shape index (κ1) is 16.4. The Morgan fingerprint density at radius 1 is 1.19 bits per heavy atom. The van der Waals surface area contributed by atoms with Crippen molar-refractivity contribution >= 4 is 0 Å². The molecule has 0 saturated carbocycles. The third-order valence-electron chi connectivity index (χ3n) is 4.76. The van der Waals surface area contributed by atoms with Crippen LogP contribution in [-0.4, -0.2) is 23.5 Å². The van der Waals surface area contributed by atoms with Gasteiger partial charge in [0, 0.05) is 11.1 Å². The van der Waals surface area contributed by atoms with Crippen LogP contribution in [0.5, 0.6) is 0 Å². The molecule has 3 nitrogen and oxygen atoms in total. The summed E-state index contributed by atoms with van der Waals surface area (Å²) in [5, 5.41) is 0. The molecule has 0 radical (unpaired) electrons. The summed E-state index contributed by atoms with van der Waals surface area (Å²) in [6.45, 7) is 8.40. The number of benzene rings is 1. The lowest BCUT2D eigenvalue weighted by Gasteiger charge is -2.44. The number of nitrogens with one attached hydrogen (secondary N) is 1. The summed E-state index contributed by atoms with van der Waals surface area (Å²) < 4.78 is 14.3. The average Bonchev–Trinajstić information content (AvgIpc) is 2.72. The topological polar surface area (TPSA) is 41.3 Å². The van der Waals surface area contributed by atoms with Crippen molar-refractivity contribution in [2.45, 2.75) is 58.0 Å². The summed E-state index contributed by atoms with van der Waals surface area (Å²) in [5.74, 6) is 5.62. The lowest BCUT2D eigenvalue weighted by molar-refractivity contribution is 0.0820. The fraction of sp³-hybridized carbons (Fsp3) is 0.647. The van der Waals surface area contributed by atoms with Gasteiger partial charge in [-0.15, -0.1) is 0 Å². The highest BCUT2D eigenvalue weighted by Gasteiger charge is 2.37. The number of rotatable bonds is 4. The van der Waals surface area contributed by atoms with Crippen LogP contribution in [-0.2, 0) is 0 Å². The van der Waals surface area contributed by atoms with E-state index in [-0.39, 0.29) is 17.4 Å². The van der Waals surface area contributed by atoms with Gasteiger partial charge in [0.05, 0.1) is 6.04 Å². The zero-order valence-electron chi connectivity index (χ0n) is 13.5. The number of halogens is 1. The van der Waals surface area contributed by atoms with Gasteiger partial charge in [0.25, 0.3) is 0 Å². The molecule has 2 rings (SSSR count). The van der Waals surface area contributed by atoms with E-state index in [9.17, 15) is 4.39 Å². The third kappa shape index (κ3) is 3.62. The number of hydrazine groups is 1. The SMILES string of the molecule is Cc1ccc(F)c(C(NN)C(C)(C)N2CCCCCC2)c1. The van der Waals surface area contributed by atoms with E-state index < -0.39 is 0 Å². The normalized spacial score (nSPS) is 19.3. The first-order valence-corrected chi connectivity index (χ1v) is 7.94. The third-order valence-corrected chi connectivity index (χ3v) is 4.76. The molecule has 1 aromatic carbocycles. The Hall–Kier alpha value is -0.970. The maximum Gasteiger partial charge on any atom is 0.128 e. The molecular weight excluding hydrogens is 265 g/mol. The monoisotopic (exact) mass is 293 g/mol. The van der Waals surface area contributed by atoms with Crippen LogP contribution in [0, 0.1) is 12.7 Å². The molecule has 1 atom stereocenters. The molecule has 1 fully saturated rings. The Bertz CT molecular complexity index is 465. The van der Waals surface area contributed by atoms with E-state index in [2.05, 4.69) is 24.2 Å². The Balaban J connectivity index is 2.31. The minimum Gasteiger partial charge on any atom is -0.296 e. The molecule has 1 unspecified atom stereocenters. The molecule has 4 heteroatoms. The van der Waals surface area contributed by atoms with Crippen molar-refractivity contribution in [2.24, 2.45) is 5.84 Å². The Labute approximate surface area is 127 Å². The van der Waals surface area contributed by atoms with Crippen LogP contribution < -0.4 is 11.3 Å². The molecule has 1 aliphatic rings. The summed E-state index contributed by atoms with van der Waals surface area (Å²) in [6, 6.07) is 5.01. The fourth-order valence-electron chi connectivity index (χ4n) is 3.39. The van der Waals surface area contributed by atoms with Gasteiger partial charge in [-0.1, -0.05) is 30.5 Å². The van der Waals surface area contributed by atoms with Crippen molar-refractivity contribution in [2.75, 3.05) is 13.1 Å². The van der Waals surface area contributed by atoms with Crippen LogP contribution in [0.15, 0.2) is 18.2 Å². The summed E-state index contributed by atoms with van der Waals surface area (Å²) in [4.78, 5) is 2.45. The van der Waals surface area contributed by atoms with E-state index in [4.69, 9.17) is 5.84 Å². The second-order valence-electron chi connectivity index (χ2n) is 6.68. The number of aryl methyl sites for hydroxylation is 1. The summed E-state index contributed by atoms with van der Waals surface area (Å²) in [7, 11) is 0. The molecule has 0 amide bonds. The Kier molecular flexibility index (Phi) is 5.36. The highest BCUT2D eigenvalue weighted by Crippen LogP contribution is 2.33. The molecule has 0 bridgehead atoms. The predicted octanol–water partition coefficient (Wildman–Crippen LogP) is 3.29. The van der Waals surface area contributed by atoms with Crippen LogP contribution in [0.3, 0.4) is 0 Å². The molecule has 1 saturated heterocycles. The minimum atomic E-state index is -0.228. The zero-order valence-corrected chi connectivity index (χ0v) is 13.5. The van der Waals surface area contributed by atoms with Gasteiger partial charge in [0.1, 0.15) is 5.82 Å². The Morgan fingerprint density at radius 3 is 2.38 bits per heavy atom. The second-order valence-corrected chi connectivity index (χ2v) is 6.68. The molecule has 0 aromatic heterocycles. The van der Waals surface area contributed by atoms with E-state index >= 15 is 0 Å². The van der Waals surface area contributed by atoms with Gasteiger partial charge in [-0.05, 0) is 52.8 Å². The van der Waals surface area contributed by atoms with Gasteiger partial charge in [-0.2, -0.15) is 0 Å². The number of hydrogen-bond donors (Lipinski definition) is 2. The van der Waals surface area contributed by atoms with Crippen molar-refractivity contribution in [1.29, 1.82) is 0 Å². The molecule has 118 valence electrons. The van der Waals surface area contributed by atoms with Crippen molar-refractivity contribution in [3.63, 3.8) is 0 Å². The van der Waals surface area contributed by atoms with E-state index in [1.165, 1.54) is 31.7 Å². The summed E-state index contributed by atoms with van der Waals surface area (Å²) in [6.07, 6.45) is 4.98. The largest absolute Gasteiger partial charge is 0.296 e. The highest BCUT2D eigenvalue weighted by atomic mass is 19.1. The smallest absolute Gasteiger partial charge is 0.128 e. The molecular formula is C17H28FN3. The van der Waals surface area contributed by atoms with Gasteiger partial charge in [0.2, 0.25) is 0 Å². The maximum absolute atomic E-state index is 14.3.